The molecule has 0 aliphatic heterocycles. The average molecular weight is 236 g/mol. The monoisotopic (exact) mass is 236 g/mol. The summed E-state index contributed by atoms with van der Waals surface area (Å²) in [5.41, 5.74) is 1.25. The quantitative estimate of drug-likeness (QED) is 0.743. The van der Waals surface area contributed by atoms with Crippen LogP contribution < -0.4 is 0 Å². The van der Waals surface area contributed by atoms with Crippen molar-refractivity contribution in [2.45, 2.75) is 70.3 Å². The maximum Gasteiger partial charge on any atom is 0.165 e. The first-order valence-corrected chi connectivity index (χ1v) is 7.14. The number of rotatable bonds is 5. The lowest BCUT2D eigenvalue weighted by Gasteiger charge is -2.23. The minimum atomic E-state index is -0.709. The molecule has 2 aliphatic rings. The highest BCUT2D eigenvalue weighted by molar-refractivity contribution is 5.85. The van der Waals surface area contributed by atoms with E-state index < -0.39 is 6.10 Å². The van der Waals surface area contributed by atoms with Crippen molar-refractivity contribution in [3.05, 3.63) is 11.6 Å². The lowest BCUT2D eigenvalue weighted by molar-refractivity contribution is -0.127. The first kappa shape index (κ1) is 12.8. The van der Waals surface area contributed by atoms with Gasteiger partial charge in [0.1, 0.15) is 6.10 Å². The maximum absolute atomic E-state index is 11.9. The Hall–Kier alpha value is -0.630. The van der Waals surface area contributed by atoms with Crippen LogP contribution in [0.4, 0.5) is 0 Å². The van der Waals surface area contributed by atoms with Crippen molar-refractivity contribution in [1.29, 1.82) is 0 Å². The molecule has 1 N–H and O–H groups in total. The zero-order valence-electron chi connectivity index (χ0n) is 10.7. The van der Waals surface area contributed by atoms with Crippen molar-refractivity contribution >= 4 is 5.78 Å². The lowest BCUT2D eigenvalue weighted by Crippen LogP contribution is -2.24. The highest BCUT2D eigenvalue weighted by Crippen LogP contribution is 2.28. The Kier molecular flexibility index (Phi) is 4.78. The molecule has 96 valence electrons. The largest absolute Gasteiger partial charge is 0.385 e. The van der Waals surface area contributed by atoms with Crippen LogP contribution in [-0.2, 0) is 4.79 Å². The van der Waals surface area contributed by atoms with Crippen molar-refractivity contribution in [3.8, 4) is 0 Å². The summed E-state index contributed by atoms with van der Waals surface area (Å²) < 4.78 is 0. The molecule has 0 spiro atoms. The van der Waals surface area contributed by atoms with Gasteiger partial charge in [0, 0.05) is 6.42 Å². The molecule has 0 aromatic rings. The molecule has 0 amide bonds. The van der Waals surface area contributed by atoms with Gasteiger partial charge in [0.2, 0.25) is 0 Å². The van der Waals surface area contributed by atoms with Gasteiger partial charge >= 0.3 is 0 Å². The number of Topliss-reactive ketones (excluding diaryl/α,β-unsaturated/α-hetero) is 1. The fourth-order valence-electron chi connectivity index (χ4n) is 3.11. The van der Waals surface area contributed by atoms with Crippen LogP contribution in [0.2, 0.25) is 0 Å². The Balaban J connectivity index is 1.74. The van der Waals surface area contributed by atoms with Gasteiger partial charge in [-0.2, -0.15) is 0 Å². The summed E-state index contributed by atoms with van der Waals surface area (Å²) in [5, 5.41) is 9.95. The first-order chi connectivity index (χ1) is 8.25. The number of ketones is 1. The third kappa shape index (κ3) is 3.95. The van der Waals surface area contributed by atoms with E-state index in [1.807, 2.05) is 0 Å². The molecule has 17 heavy (non-hydrogen) atoms. The highest BCUT2D eigenvalue weighted by atomic mass is 16.3. The van der Waals surface area contributed by atoms with E-state index in [-0.39, 0.29) is 5.78 Å². The Morgan fingerprint density at radius 1 is 1.29 bits per heavy atom. The van der Waals surface area contributed by atoms with E-state index in [2.05, 4.69) is 6.08 Å². The number of carbonyl (C=O) groups is 1. The number of carbonyl (C=O) groups excluding carboxylic acids is 1. The minimum absolute atomic E-state index is 0.0451. The molecule has 2 heteroatoms. The van der Waals surface area contributed by atoms with Gasteiger partial charge in [-0.05, 0) is 31.6 Å². The normalized spacial score (nSPS) is 23.5. The molecule has 2 aliphatic carbocycles. The molecule has 0 bridgehead atoms. The molecule has 1 saturated carbocycles. The Morgan fingerprint density at radius 3 is 2.71 bits per heavy atom. The smallest absolute Gasteiger partial charge is 0.165 e. The molecule has 1 atom stereocenters. The number of aliphatic hydroxyl groups is 1. The van der Waals surface area contributed by atoms with E-state index in [1.165, 1.54) is 44.1 Å². The van der Waals surface area contributed by atoms with E-state index in [1.54, 1.807) is 0 Å². The third-order valence-corrected chi connectivity index (χ3v) is 4.19. The number of allylic oxidation sites excluding steroid dienone is 2. The van der Waals surface area contributed by atoms with Crippen LogP contribution >= 0.6 is 0 Å². The number of aliphatic hydroxyl groups excluding tert-OH is 1. The third-order valence-electron chi connectivity index (χ3n) is 4.19. The van der Waals surface area contributed by atoms with Crippen molar-refractivity contribution in [3.63, 3.8) is 0 Å². The van der Waals surface area contributed by atoms with Crippen LogP contribution in [-0.4, -0.2) is 17.0 Å². The Bertz CT molecular complexity index is 287. The second-order valence-corrected chi connectivity index (χ2v) is 5.65. The summed E-state index contributed by atoms with van der Waals surface area (Å²) in [6.45, 7) is 0. The van der Waals surface area contributed by atoms with E-state index in [4.69, 9.17) is 0 Å². The number of hydrogen-bond acceptors (Lipinski definition) is 2. The van der Waals surface area contributed by atoms with Crippen molar-refractivity contribution < 1.29 is 9.90 Å². The highest BCUT2D eigenvalue weighted by Gasteiger charge is 2.23. The molecule has 2 rings (SSSR count). The summed E-state index contributed by atoms with van der Waals surface area (Å²) in [5.74, 6) is 0.629. The molecular formula is C15H24O2. The SMILES string of the molecule is O=C(CC1=CCCC1)[C@@H](O)CC1CCCCC1. The fraction of sp³-hybridized carbons (Fsp3) is 0.800. The second kappa shape index (κ2) is 6.34. The van der Waals surface area contributed by atoms with Gasteiger partial charge in [-0.3, -0.25) is 4.79 Å². The predicted octanol–water partition coefficient (Wildman–Crippen LogP) is 3.39. The zero-order chi connectivity index (χ0) is 12.1. The van der Waals surface area contributed by atoms with Crippen LogP contribution in [0.15, 0.2) is 11.6 Å². The van der Waals surface area contributed by atoms with Crippen LogP contribution in [0.1, 0.15) is 64.2 Å². The van der Waals surface area contributed by atoms with Gasteiger partial charge in [-0.25, -0.2) is 0 Å². The fourth-order valence-corrected chi connectivity index (χ4v) is 3.11. The maximum atomic E-state index is 11.9. The summed E-state index contributed by atoms with van der Waals surface area (Å²) in [6.07, 6.45) is 12.3. The van der Waals surface area contributed by atoms with Crippen LogP contribution in [0.5, 0.6) is 0 Å². The summed E-state index contributed by atoms with van der Waals surface area (Å²) in [4.78, 5) is 11.9. The summed E-state index contributed by atoms with van der Waals surface area (Å²) in [7, 11) is 0. The number of hydrogen-bond donors (Lipinski definition) is 1. The van der Waals surface area contributed by atoms with Gasteiger partial charge in [0.25, 0.3) is 0 Å². The van der Waals surface area contributed by atoms with E-state index >= 15 is 0 Å². The second-order valence-electron chi connectivity index (χ2n) is 5.65. The van der Waals surface area contributed by atoms with Crippen molar-refractivity contribution in [2.75, 3.05) is 0 Å². The topological polar surface area (TPSA) is 37.3 Å². The van der Waals surface area contributed by atoms with E-state index in [0.29, 0.717) is 18.8 Å². The molecule has 2 nitrogen and oxygen atoms in total. The standard InChI is InChI=1S/C15H24O2/c16-14(10-12-6-2-1-3-7-12)15(17)11-13-8-4-5-9-13/h8,12,14,16H,1-7,9-11H2/t14-/m0/s1. The molecular weight excluding hydrogens is 212 g/mol. The Labute approximate surface area is 104 Å². The lowest BCUT2D eigenvalue weighted by atomic mass is 9.84. The summed E-state index contributed by atoms with van der Waals surface area (Å²) >= 11 is 0. The Morgan fingerprint density at radius 2 is 2.06 bits per heavy atom. The molecule has 0 aromatic heterocycles. The van der Waals surface area contributed by atoms with Gasteiger partial charge in [-0.15, -0.1) is 0 Å². The molecule has 0 unspecified atom stereocenters. The zero-order valence-corrected chi connectivity index (χ0v) is 10.7. The molecule has 0 saturated heterocycles. The van der Waals surface area contributed by atoms with Crippen LogP contribution in [0, 0.1) is 5.92 Å². The minimum Gasteiger partial charge on any atom is -0.385 e. The molecule has 0 heterocycles. The van der Waals surface area contributed by atoms with E-state index in [0.717, 1.165) is 12.8 Å². The van der Waals surface area contributed by atoms with Crippen LogP contribution in [0.3, 0.4) is 0 Å². The molecule has 0 radical (unpaired) electrons. The van der Waals surface area contributed by atoms with Gasteiger partial charge in [-0.1, -0.05) is 43.8 Å². The first-order valence-electron chi connectivity index (χ1n) is 7.14. The molecule has 1 fully saturated rings. The molecule has 0 aromatic carbocycles. The predicted molar refractivity (Wildman–Crippen MR) is 68.8 cm³/mol. The van der Waals surface area contributed by atoms with Gasteiger partial charge in [0.05, 0.1) is 0 Å². The van der Waals surface area contributed by atoms with Crippen molar-refractivity contribution in [1.82, 2.24) is 0 Å². The van der Waals surface area contributed by atoms with Crippen molar-refractivity contribution in [2.24, 2.45) is 5.92 Å². The van der Waals surface area contributed by atoms with Gasteiger partial charge < -0.3 is 5.11 Å². The van der Waals surface area contributed by atoms with Crippen LogP contribution in [0.25, 0.3) is 0 Å². The van der Waals surface area contributed by atoms with E-state index in [9.17, 15) is 9.90 Å². The van der Waals surface area contributed by atoms with Gasteiger partial charge in [0.15, 0.2) is 5.78 Å². The average Bonchev–Trinajstić information content (AvgIpc) is 2.83. The summed E-state index contributed by atoms with van der Waals surface area (Å²) in [6, 6.07) is 0.